The topological polar surface area (TPSA) is 56.7 Å². The van der Waals surface area contributed by atoms with E-state index in [0.717, 1.165) is 66.5 Å². The molecule has 0 N–H and O–H groups in total. The van der Waals surface area contributed by atoms with Gasteiger partial charge in [0.25, 0.3) is 0 Å². The maximum atomic E-state index is 6.92. The minimum Gasteiger partial charge on any atom is -0.455 e. The van der Waals surface area contributed by atoms with Crippen molar-refractivity contribution < 1.29 is 4.42 Å². The molecule has 0 aliphatic carbocycles. The van der Waals surface area contributed by atoms with Crippen molar-refractivity contribution in [3.8, 4) is 51.0 Å². The predicted octanol–water partition coefficient (Wildman–Crippen LogP) is 13.9. The summed E-state index contributed by atoms with van der Waals surface area (Å²) in [5.74, 6) is 1.76. The van der Waals surface area contributed by atoms with E-state index in [0.29, 0.717) is 17.5 Å². The molecule has 6 heteroatoms. The Kier molecular flexibility index (Phi) is 7.03. The second kappa shape index (κ2) is 12.6. The summed E-state index contributed by atoms with van der Waals surface area (Å²) in [4.78, 5) is 15.7. The van der Waals surface area contributed by atoms with Crippen LogP contribution in [0.5, 0.6) is 0 Å². The number of para-hydroxylation sites is 2. The number of nitrogens with zero attached hydrogens (tertiary/aromatic N) is 4. The summed E-state index contributed by atoms with van der Waals surface area (Å²) in [6, 6.07) is 63.8. The van der Waals surface area contributed by atoms with Crippen molar-refractivity contribution >= 4 is 75.3 Å². The van der Waals surface area contributed by atoms with Crippen LogP contribution in [0, 0.1) is 0 Å². The first-order valence-electron chi connectivity index (χ1n) is 19.0. The zero-order chi connectivity index (χ0) is 37.5. The molecule has 0 aliphatic rings. The van der Waals surface area contributed by atoms with Crippen LogP contribution in [0.3, 0.4) is 0 Å². The van der Waals surface area contributed by atoms with Crippen molar-refractivity contribution in [3.05, 3.63) is 182 Å². The summed E-state index contributed by atoms with van der Waals surface area (Å²) in [7, 11) is 0. The van der Waals surface area contributed by atoms with E-state index in [4.69, 9.17) is 19.4 Å². The first-order chi connectivity index (χ1) is 28.2. The number of benzene rings is 8. The standard InChI is InChI=1S/C51H30N4OS/c1-3-13-31(14-4-1)33-23-25-38-41-29-35(55-43-20-10-7-17-36(43)37-18-8-11-21-44(37)55)30-42(48(41)56-45(38)27-33)51-53-49(32-15-5-2-6-16-32)52-50(54-51)34-24-26-40-39-19-9-12-22-46(39)57-47(40)28-34/h1-30H. The summed E-state index contributed by atoms with van der Waals surface area (Å²) in [6.07, 6.45) is 0. The fourth-order valence-electron chi connectivity index (χ4n) is 8.38. The lowest BCUT2D eigenvalue weighted by atomic mass is 10.0. The summed E-state index contributed by atoms with van der Waals surface area (Å²) in [5, 5.41) is 6.91. The number of fused-ring (bicyclic) bond motifs is 9. The van der Waals surface area contributed by atoms with Crippen LogP contribution in [0.4, 0.5) is 0 Å². The number of furan rings is 1. The van der Waals surface area contributed by atoms with Crippen molar-refractivity contribution in [2.45, 2.75) is 0 Å². The van der Waals surface area contributed by atoms with E-state index in [1.54, 1.807) is 11.3 Å². The van der Waals surface area contributed by atoms with E-state index >= 15 is 0 Å². The van der Waals surface area contributed by atoms with Gasteiger partial charge in [0.05, 0.1) is 16.6 Å². The molecule has 0 fully saturated rings. The summed E-state index contributed by atoms with van der Waals surface area (Å²) in [5.41, 5.74) is 9.66. The van der Waals surface area contributed by atoms with Crippen molar-refractivity contribution in [3.63, 3.8) is 0 Å². The number of hydrogen-bond donors (Lipinski definition) is 0. The molecule has 0 unspecified atom stereocenters. The Bertz CT molecular complexity index is 3470. The van der Waals surface area contributed by atoms with Gasteiger partial charge in [-0.05, 0) is 59.7 Å². The number of hydrogen-bond acceptors (Lipinski definition) is 5. The molecule has 0 bridgehead atoms. The van der Waals surface area contributed by atoms with Crippen LogP contribution in [-0.4, -0.2) is 19.5 Å². The lowest BCUT2D eigenvalue weighted by Crippen LogP contribution is -2.01. The smallest absolute Gasteiger partial charge is 0.167 e. The molecule has 5 nitrogen and oxygen atoms in total. The number of thiophene rings is 1. The molecular weight excluding hydrogens is 717 g/mol. The fraction of sp³-hybridized carbons (Fsp3) is 0. The lowest BCUT2D eigenvalue weighted by Gasteiger charge is -2.12. The van der Waals surface area contributed by atoms with Crippen LogP contribution < -0.4 is 0 Å². The Morgan fingerprint density at radius 1 is 0.386 bits per heavy atom. The van der Waals surface area contributed by atoms with Crippen molar-refractivity contribution in [2.24, 2.45) is 0 Å². The Morgan fingerprint density at radius 2 is 0.965 bits per heavy atom. The van der Waals surface area contributed by atoms with Gasteiger partial charge in [0.1, 0.15) is 11.2 Å². The molecule has 12 rings (SSSR count). The average molecular weight is 747 g/mol. The largest absolute Gasteiger partial charge is 0.455 e. The Hall–Kier alpha value is -7.41. The van der Waals surface area contributed by atoms with Crippen LogP contribution in [-0.2, 0) is 0 Å². The molecule has 57 heavy (non-hydrogen) atoms. The number of rotatable bonds is 5. The number of aromatic nitrogens is 4. The molecule has 0 radical (unpaired) electrons. The highest BCUT2D eigenvalue weighted by Gasteiger charge is 2.22. The molecule has 266 valence electrons. The average Bonchev–Trinajstić information content (AvgIpc) is 3.95. The third kappa shape index (κ3) is 5.12. The van der Waals surface area contributed by atoms with Gasteiger partial charge in [0.2, 0.25) is 0 Å². The molecule has 12 aromatic rings. The SMILES string of the molecule is c1ccc(-c2ccc3c(c2)oc2c(-c4nc(-c5ccccc5)nc(-c5ccc6c(c5)sc5ccccc56)n4)cc(-n4c5ccccc5c5ccccc54)cc23)cc1. The second-order valence-corrected chi connectivity index (χ2v) is 15.5. The van der Waals surface area contributed by atoms with Gasteiger partial charge < -0.3 is 8.98 Å². The van der Waals surface area contributed by atoms with E-state index in [1.807, 2.05) is 24.3 Å². The highest BCUT2D eigenvalue weighted by molar-refractivity contribution is 7.25. The van der Waals surface area contributed by atoms with Crippen LogP contribution in [0.15, 0.2) is 186 Å². The molecule has 4 aromatic heterocycles. The molecule has 4 heterocycles. The van der Waals surface area contributed by atoms with E-state index in [-0.39, 0.29) is 0 Å². The summed E-state index contributed by atoms with van der Waals surface area (Å²) >= 11 is 1.79. The summed E-state index contributed by atoms with van der Waals surface area (Å²) in [6.45, 7) is 0. The second-order valence-electron chi connectivity index (χ2n) is 14.4. The zero-order valence-corrected chi connectivity index (χ0v) is 31.2. The Morgan fingerprint density at radius 3 is 1.72 bits per heavy atom. The van der Waals surface area contributed by atoms with Crippen LogP contribution in [0.25, 0.3) is 115 Å². The maximum Gasteiger partial charge on any atom is 0.167 e. The molecule has 0 amide bonds. The van der Waals surface area contributed by atoms with Gasteiger partial charge in [-0.1, -0.05) is 133 Å². The van der Waals surface area contributed by atoms with E-state index in [9.17, 15) is 0 Å². The lowest BCUT2D eigenvalue weighted by molar-refractivity contribution is 0.669. The molecule has 0 atom stereocenters. The zero-order valence-electron chi connectivity index (χ0n) is 30.4. The molecule has 0 saturated heterocycles. The quantitative estimate of drug-likeness (QED) is 0.176. The van der Waals surface area contributed by atoms with Crippen LogP contribution in [0.2, 0.25) is 0 Å². The third-order valence-corrected chi connectivity index (χ3v) is 12.2. The van der Waals surface area contributed by atoms with E-state index in [2.05, 4.69) is 162 Å². The minimum absolute atomic E-state index is 0.547. The van der Waals surface area contributed by atoms with Gasteiger partial charge in [0.15, 0.2) is 17.5 Å². The first-order valence-corrected chi connectivity index (χ1v) is 19.8. The van der Waals surface area contributed by atoms with Gasteiger partial charge in [-0.25, -0.2) is 15.0 Å². The van der Waals surface area contributed by atoms with Gasteiger partial charge in [-0.2, -0.15) is 0 Å². The Balaban J connectivity index is 1.15. The normalized spacial score (nSPS) is 11.9. The summed E-state index contributed by atoms with van der Waals surface area (Å²) < 4.78 is 11.7. The monoisotopic (exact) mass is 746 g/mol. The van der Waals surface area contributed by atoms with Crippen molar-refractivity contribution in [1.82, 2.24) is 19.5 Å². The Labute approximate surface area is 330 Å². The molecule has 0 saturated carbocycles. The predicted molar refractivity (Wildman–Crippen MR) is 236 cm³/mol. The maximum absolute atomic E-state index is 6.92. The molecule has 8 aromatic carbocycles. The highest BCUT2D eigenvalue weighted by atomic mass is 32.1. The molecule has 0 aliphatic heterocycles. The fourth-order valence-corrected chi connectivity index (χ4v) is 9.52. The third-order valence-electron chi connectivity index (χ3n) is 11.0. The van der Waals surface area contributed by atoms with Gasteiger partial charge in [-0.15, -0.1) is 11.3 Å². The van der Waals surface area contributed by atoms with Gasteiger partial charge >= 0.3 is 0 Å². The van der Waals surface area contributed by atoms with E-state index < -0.39 is 0 Å². The van der Waals surface area contributed by atoms with E-state index in [1.165, 1.54) is 30.9 Å². The van der Waals surface area contributed by atoms with Gasteiger partial charge in [0, 0.05) is 58.5 Å². The van der Waals surface area contributed by atoms with Crippen molar-refractivity contribution in [2.75, 3.05) is 0 Å². The van der Waals surface area contributed by atoms with Gasteiger partial charge in [-0.3, -0.25) is 0 Å². The molecule has 0 spiro atoms. The first kappa shape index (κ1) is 31.9. The highest BCUT2D eigenvalue weighted by Crippen LogP contribution is 2.42. The van der Waals surface area contributed by atoms with Crippen LogP contribution >= 0.6 is 11.3 Å². The molecular formula is C51H30N4OS. The van der Waals surface area contributed by atoms with Crippen molar-refractivity contribution in [1.29, 1.82) is 0 Å². The minimum atomic E-state index is 0.547. The van der Waals surface area contributed by atoms with Crippen LogP contribution in [0.1, 0.15) is 0 Å².